The maximum Gasteiger partial charge on any atom is 0.335 e. The van der Waals surface area contributed by atoms with E-state index in [1.807, 2.05) is 42.8 Å². The number of ether oxygens (including phenoxy) is 1. The van der Waals surface area contributed by atoms with Crippen molar-refractivity contribution in [3.8, 4) is 5.75 Å². The van der Waals surface area contributed by atoms with Crippen LogP contribution in [0.2, 0.25) is 0 Å². The third-order valence-electron chi connectivity index (χ3n) is 4.62. The van der Waals surface area contributed by atoms with E-state index in [0.717, 1.165) is 12.2 Å². The zero-order valence-electron chi connectivity index (χ0n) is 17.5. The Morgan fingerprint density at radius 1 is 1.13 bits per heavy atom. The van der Waals surface area contributed by atoms with Crippen LogP contribution < -0.4 is 10.1 Å². The number of nitrogens with zero attached hydrogens (tertiary/aromatic N) is 3. The number of nitrogens with one attached hydrogen (secondary N) is 1. The molecule has 1 heterocycles. The summed E-state index contributed by atoms with van der Waals surface area (Å²) in [5.41, 5.74) is 1.94. The van der Waals surface area contributed by atoms with Crippen LogP contribution in [0, 0.1) is 0 Å². The molecule has 0 bridgehead atoms. The van der Waals surface area contributed by atoms with E-state index in [-0.39, 0.29) is 23.3 Å². The summed E-state index contributed by atoms with van der Waals surface area (Å²) in [6.07, 6.45) is 0.668. The first-order chi connectivity index (χ1) is 14.9. The largest absolute Gasteiger partial charge is 0.483 e. The van der Waals surface area contributed by atoms with E-state index >= 15 is 0 Å². The SMILES string of the molecule is CCc1ccc(O[C@@H](C)c2nnc(SCC(=O)Nc3ccc(C(=O)O)cc3)n2C)cc1. The van der Waals surface area contributed by atoms with E-state index in [1.165, 1.54) is 29.5 Å². The van der Waals surface area contributed by atoms with Crippen LogP contribution in [0.4, 0.5) is 5.69 Å². The van der Waals surface area contributed by atoms with Crippen molar-refractivity contribution in [1.82, 2.24) is 14.8 Å². The molecule has 0 spiro atoms. The van der Waals surface area contributed by atoms with Gasteiger partial charge in [-0.2, -0.15) is 0 Å². The van der Waals surface area contributed by atoms with Crippen molar-refractivity contribution >= 4 is 29.3 Å². The van der Waals surface area contributed by atoms with Crippen LogP contribution in [0.5, 0.6) is 5.75 Å². The highest BCUT2D eigenvalue weighted by atomic mass is 32.2. The van der Waals surface area contributed by atoms with Gasteiger partial charge in [-0.25, -0.2) is 4.79 Å². The van der Waals surface area contributed by atoms with Gasteiger partial charge >= 0.3 is 5.97 Å². The number of anilines is 1. The second-order valence-corrected chi connectivity index (χ2v) is 7.82. The van der Waals surface area contributed by atoms with E-state index in [1.54, 1.807) is 12.1 Å². The molecule has 31 heavy (non-hydrogen) atoms. The molecule has 1 aromatic heterocycles. The van der Waals surface area contributed by atoms with Crippen molar-refractivity contribution in [3.63, 3.8) is 0 Å². The number of hydrogen-bond donors (Lipinski definition) is 2. The fourth-order valence-electron chi connectivity index (χ4n) is 2.89. The first-order valence-electron chi connectivity index (χ1n) is 9.78. The molecule has 8 nitrogen and oxygen atoms in total. The predicted molar refractivity (Wildman–Crippen MR) is 119 cm³/mol. The molecule has 0 aliphatic rings. The van der Waals surface area contributed by atoms with Crippen molar-refractivity contribution in [2.45, 2.75) is 31.5 Å². The van der Waals surface area contributed by atoms with Crippen LogP contribution >= 0.6 is 11.8 Å². The number of carbonyl (C=O) groups excluding carboxylic acids is 1. The van der Waals surface area contributed by atoms with Gasteiger partial charge in [-0.3, -0.25) is 4.79 Å². The average Bonchev–Trinajstić information content (AvgIpc) is 3.13. The Kier molecular flexibility index (Phi) is 7.30. The molecule has 0 fully saturated rings. The molecule has 0 saturated carbocycles. The summed E-state index contributed by atoms with van der Waals surface area (Å²) in [7, 11) is 1.83. The second kappa shape index (κ2) is 10.1. The Balaban J connectivity index is 1.55. The Morgan fingerprint density at radius 2 is 1.81 bits per heavy atom. The third kappa shape index (κ3) is 5.85. The summed E-state index contributed by atoms with van der Waals surface area (Å²) < 4.78 is 7.78. The number of aryl methyl sites for hydroxylation is 1. The van der Waals surface area contributed by atoms with Crippen molar-refractivity contribution in [1.29, 1.82) is 0 Å². The van der Waals surface area contributed by atoms with Crippen molar-refractivity contribution in [2.24, 2.45) is 7.05 Å². The lowest BCUT2D eigenvalue weighted by Gasteiger charge is -2.14. The summed E-state index contributed by atoms with van der Waals surface area (Å²) in [4.78, 5) is 23.1. The van der Waals surface area contributed by atoms with Gasteiger partial charge < -0.3 is 19.7 Å². The highest BCUT2D eigenvalue weighted by molar-refractivity contribution is 7.99. The predicted octanol–water partition coefficient (Wildman–Crippen LogP) is 3.95. The summed E-state index contributed by atoms with van der Waals surface area (Å²) in [5, 5.41) is 20.6. The minimum Gasteiger partial charge on any atom is -0.483 e. The Labute approximate surface area is 184 Å². The smallest absolute Gasteiger partial charge is 0.335 e. The number of benzene rings is 2. The molecular formula is C22H24N4O4S. The monoisotopic (exact) mass is 440 g/mol. The van der Waals surface area contributed by atoms with E-state index in [9.17, 15) is 9.59 Å². The zero-order valence-corrected chi connectivity index (χ0v) is 18.3. The molecule has 0 aliphatic carbocycles. The van der Waals surface area contributed by atoms with Crippen LogP contribution in [-0.4, -0.2) is 37.5 Å². The van der Waals surface area contributed by atoms with Gasteiger partial charge in [-0.15, -0.1) is 10.2 Å². The topological polar surface area (TPSA) is 106 Å². The molecule has 0 unspecified atom stereocenters. The summed E-state index contributed by atoms with van der Waals surface area (Å²) in [5.74, 6) is 0.322. The van der Waals surface area contributed by atoms with Crippen molar-refractivity contribution < 1.29 is 19.4 Å². The number of carboxylic acid groups (broad SMARTS) is 1. The molecule has 0 radical (unpaired) electrons. The molecule has 0 saturated heterocycles. The maximum atomic E-state index is 12.2. The lowest BCUT2D eigenvalue weighted by Crippen LogP contribution is -2.15. The quantitative estimate of drug-likeness (QED) is 0.485. The van der Waals surface area contributed by atoms with E-state index < -0.39 is 5.97 Å². The molecule has 2 N–H and O–H groups in total. The summed E-state index contributed by atoms with van der Waals surface area (Å²) >= 11 is 1.26. The number of rotatable bonds is 9. The number of hydrogen-bond acceptors (Lipinski definition) is 6. The van der Waals surface area contributed by atoms with E-state index in [0.29, 0.717) is 16.7 Å². The highest BCUT2D eigenvalue weighted by Crippen LogP contribution is 2.24. The number of carboxylic acids is 1. The van der Waals surface area contributed by atoms with Gasteiger partial charge in [-0.1, -0.05) is 30.8 Å². The molecule has 1 amide bonds. The van der Waals surface area contributed by atoms with Crippen LogP contribution in [0.25, 0.3) is 0 Å². The van der Waals surface area contributed by atoms with Gasteiger partial charge in [0, 0.05) is 12.7 Å². The van der Waals surface area contributed by atoms with Crippen LogP contribution in [0.1, 0.15) is 41.7 Å². The van der Waals surface area contributed by atoms with Gasteiger partial charge in [0.15, 0.2) is 17.1 Å². The average molecular weight is 441 g/mol. The van der Waals surface area contributed by atoms with Gasteiger partial charge in [0.1, 0.15) is 5.75 Å². The number of thioether (sulfide) groups is 1. The summed E-state index contributed by atoms with van der Waals surface area (Å²) in [6, 6.07) is 13.9. The van der Waals surface area contributed by atoms with Crippen LogP contribution in [0.3, 0.4) is 0 Å². The molecule has 162 valence electrons. The number of amides is 1. The lowest BCUT2D eigenvalue weighted by molar-refractivity contribution is -0.113. The Bertz CT molecular complexity index is 1050. The fraction of sp³-hybridized carbons (Fsp3) is 0.273. The van der Waals surface area contributed by atoms with E-state index in [2.05, 4.69) is 22.4 Å². The first kappa shape index (κ1) is 22.4. The molecule has 1 atom stereocenters. The van der Waals surface area contributed by atoms with Crippen LogP contribution in [0.15, 0.2) is 53.7 Å². The maximum absolute atomic E-state index is 12.2. The molecule has 3 aromatic rings. The normalized spacial score (nSPS) is 11.7. The molecule has 3 rings (SSSR count). The standard InChI is InChI=1S/C22H24N4O4S/c1-4-15-5-11-18(12-6-15)30-14(2)20-24-25-22(26(20)3)31-13-19(27)23-17-9-7-16(8-10-17)21(28)29/h5-12,14H,4,13H2,1-3H3,(H,23,27)(H,28,29)/t14-/m0/s1. The number of aromatic carboxylic acids is 1. The van der Waals surface area contributed by atoms with E-state index in [4.69, 9.17) is 9.84 Å². The van der Waals surface area contributed by atoms with Gasteiger partial charge in [0.25, 0.3) is 0 Å². The second-order valence-electron chi connectivity index (χ2n) is 6.88. The van der Waals surface area contributed by atoms with Crippen molar-refractivity contribution in [3.05, 3.63) is 65.5 Å². The number of carbonyl (C=O) groups is 2. The molecule has 2 aromatic carbocycles. The summed E-state index contributed by atoms with van der Waals surface area (Å²) in [6.45, 7) is 4.01. The fourth-order valence-corrected chi connectivity index (χ4v) is 3.61. The zero-order chi connectivity index (χ0) is 22.4. The molecule has 0 aliphatic heterocycles. The lowest BCUT2D eigenvalue weighted by atomic mass is 10.2. The Morgan fingerprint density at radius 3 is 2.42 bits per heavy atom. The minimum absolute atomic E-state index is 0.139. The Hall–Kier alpha value is -3.33. The van der Waals surface area contributed by atoms with Crippen molar-refractivity contribution in [2.75, 3.05) is 11.1 Å². The van der Waals surface area contributed by atoms with Gasteiger partial charge in [0.2, 0.25) is 5.91 Å². The van der Waals surface area contributed by atoms with Gasteiger partial charge in [-0.05, 0) is 55.3 Å². The number of aromatic nitrogens is 3. The molecule has 9 heteroatoms. The molecular weight excluding hydrogens is 416 g/mol. The highest BCUT2D eigenvalue weighted by Gasteiger charge is 2.18. The first-order valence-corrected chi connectivity index (χ1v) is 10.8. The third-order valence-corrected chi connectivity index (χ3v) is 5.64. The van der Waals surface area contributed by atoms with Gasteiger partial charge in [0.05, 0.1) is 11.3 Å². The van der Waals surface area contributed by atoms with Crippen LogP contribution in [-0.2, 0) is 18.3 Å². The minimum atomic E-state index is -1.01.